The maximum absolute atomic E-state index is 2.36. The van der Waals surface area contributed by atoms with Crippen LogP contribution in [-0.2, 0) is 13.0 Å². The van der Waals surface area contributed by atoms with Crippen LogP contribution in [0.1, 0.15) is 64.4 Å². The Labute approximate surface area is 119 Å². The van der Waals surface area contributed by atoms with E-state index in [0.717, 1.165) is 0 Å². The van der Waals surface area contributed by atoms with Crippen molar-refractivity contribution < 1.29 is 17.0 Å². The van der Waals surface area contributed by atoms with Crippen LogP contribution >= 0.6 is 0 Å². The molecule has 0 atom stereocenters. The fourth-order valence-electron chi connectivity index (χ4n) is 2.14. The maximum atomic E-state index is 2.36. The van der Waals surface area contributed by atoms with Crippen molar-refractivity contribution >= 4 is 0 Å². The number of pyridine rings is 1. The van der Waals surface area contributed by atoms with Crippen molar-refractivity contribution in [3.05, 3.63) is 30.1 Å². The number of hydrogen-bond donors (Lipinski definition) is 0. The highest BCUT2D eigenvalue weighted by atomic mass is 35.5. The monoisotopic (exact) mass is 269 g/mol. The van der Waals surface area contributed by atoms with Crippen molar-refractivity contribution in [1.29, 1.82) is 0 Å². The van der Waals surface area contributed by atoms with E-state index >= 15 is 0 Å². The summed E-state index contributed by atoms with van der Waals surface area (Å²) in [6.07, 6.45) is 15.2. The highest BCUT2D eigenvalue weighted by Crippen LogP contribution is 2.04. The van der Waals surface area contributed by atoms with Gasteiger partial charge in [0.2, 0.25) is 0 Å². The molecule has 0 saturated heterocycles. The van der Waals surface area contributed by atoms with Crippen LogP contribution in [0.3, 0.4) is 0 Å². The van der Waals surface area contributed by atoms with Crippen LogP contribution in [-0.4, -0.2) is 0 Å². The first-order valence-corrected chi connectivity index (χ1v) is 7.34. The third kappa shape index (κ3) is 7.71. The van der Waals surface area contributed by atoms with Gasteiger partial charge in [-0.3, -0.25) is 0 Å². The van der Waals surface area contributed by atoms with Gasteiger partial charge in [-0.25, -0.2) is 4.57 Å². The third-order valence-electron chi connectivity index (χ3n) is 3.26. The summed E-state index contributed by atoms with van der Waals surface area (Å²) in [4.78, 5) is 0. The summed E-state index contributed by atoms with van der Waals surface area (Å²) < 4.78 is 2.36. The van der Waals surface area contributed by atoms with Gasteiger partial charge in [0.15, 0.2) is 12.4 Å². The molecule has 104 valence electrons. The molecule has 0 unspecified atom stereocenters. The summed E-state index contributed by atoms with van der Waals surface area (Å²) in [7, 11) is 0. The van der Waals surface area contributed by atoms with Gasteiger partial charge in [-0.05, 0) is 25.3 Å². The van der Waals surface area contributed by atoms with Gasteiger partial charge in [-0.15, -0.1) is 0 Å². The highest BCUT2D eigenvalue weighted by molar-refractivity contribution is 5.05. The molecule has 0 N–H and O–H groups in total. The largest absolute Gasteiger partial charge is 1.00 e. The smallest absolute Gasteiger partial charge is 0.171 e. The fourth-order valence-corrected chi connectivity index (χ4v) is 2.14. The number of aryl methyl sites for hydroxylation is 2. The highest BCUT2D eigenvalue weighted by Gasteiger charge is 2.02. The lowest BCUT2D eigenvalue weighted by Gasteiger charge is -2.01. The summed E-state index contributed by atoms with van der Waals surface area (Å²) in [5.74, 6) is 0. The van der Waals surface area contributed by atoms with E-state index in [9.17, 15) is 0 Å². The van der Waals surface area contributed by atoms with Gasteiger partial charge in [0.05, 0.1) is 0 Å². The zero-order valence-corrected chi connectivity index (χ0v) is 12.8. The lowest BCUT2D eigenvalue weighted by molar-refractivity contribution is -0.697. The summed E-state index contributed by atoms with van der Waals surface area (Å²) >= 11 is 0. The molecule has 0 spiro atoms. The summed E-state index contributed by atoms with van der Waals surface area (Å²) in [6.45, 7) is 5.71. The first kappa shape index (κ1) is 17.4. The molecule has 0 radical (unpaired) electrons. The predicted octanol–water partition coefficient (Wildman–Crippen LogP) is 1.29. The van der Waals surface area contributed by atoms with Crippen LogP contribution in [0.4, 0.5) is 0 Å². The standard InChI is InChI=1S/C16H28N.ClH/c1-3-5-7-8-9-13-17-14-10-12-16(15-17)11-6-4-2;/h10,12,14-15H,3-9,11,13H2,1-2H3;1H/q+1;/p-1. The zero-order chi connectivity index (χ0) is 12.3. The van der Waals surface area contributed by atoms with Crippen LogP contribution in [0.15, 0.2) is 24.5 Å². The SMILES string of the molecule is CCCCCCC[n+]1cccc(CCCC)c1.[Cl-]. The van der Waals surface area contributed by atoms with Crippen LogP contribution in [0.25, 0.3) is 0 Å². The minimum atomic E-state index is 0. The van der Waals surface area contributed by atoms with E-state index in [1.54, 1.807) is 0 Å². The minimum Gasteiger partial charge on any atom is -1.00 e. The van der Waals surface area contributed by atoms with Crippen molar-refractivity contribution in [1.82, 2.24) is 0 Å². The Kier molecular flexibility index (Phi) is 11.2. The predicted molar refractivity (Wildman–Crippen MR) is 74.0 cm³/mol. The Morgan fingerprint density at radius 3 is 2.39 bits per heavy atom. The summed E-state index contributed by atoms with van der Waals surface area (Å²) in [5.41, 5.74) is 1.49. The zero-order valence-electron chi connectivity index (χ0n) is 12.0. The van der Waals surface area contributed by atoms with Crippen LogP contribution in [0, 0.1) is 0 Å². The number of nitrogens with zero attached hydrogens (tertiary/aromatic N) is 1. The second-order valence-electron chi connectivity index (χ2n) is 4.97. The van der Waals surface area contributed by atoms with E-state index in [2.05, 4.69) is 42.9 Å². The number of hydrogen-bond acceptors (Lipinski definition) is 0. The van der Waals surface area contributed by atoms with Gasteiger partial charge in [0, 0.05) is 18.1 Å². The van der Waals surface area contributed by atoms with Crippen molar-refractivity contribution in [2.45, 2.75) is 71.8 Å². The molecular formula is C16H28ClN. The van der Waals surface area contributed by atoms with Gasteiger partial charge < -0.3 is 12.4 Å². The molecule has 0 bridgehead atoms. The molecule has 0 saturated carbocycles. The molecule has 18 heavy (non-hydrogen) atoms. The van der Waals surface area contributed by atoms with Crippen molar-refractivity contribution in [3.8, 4) is 0 Å². The molecular weight excluding hydrogens is 242 g/mol. The van der Waals surface area contributed by atoms with Crippen molar-refractivity contribution in [2.75, 3.05) is 0 Å². The molecule has 2 heteroatoms. The van der Waals surface area contributed by atoms with Gasteiger partial charge >= 0.3 is 0 Å². The molecule has 0 fully saturated rings. The number of unbranched alkanes of at least 4 members (excludes halogenated alkanes) is 5. The second-order valence-corrected chi connectivity index (χ2v) is 4.97. The maximum Gasteiger partial charge on any atom is 0.171 e. The molecule has 0 aliphatic heterocycles. The van der Waals surface area contributed by atoms with Gasteiger partial charge in [-0.1, -0.05) is 39.5 Å². The van der Waals surface area contributed by atoms with Gasteiger partial charge in [0.1, 0.15) is 6.54 Å². The van der Waals surface area contributed by atoms with Crippen LogP contribution in [0.5, 0.6) is 0 Å². The normalized spacial score (nSPS) is 10.1. The molecule has 0 aliphatic carbocycles. The van der Waals surface area contributed by atoms with Gasteiger partial charge in [-0.2, -0.15) is 0 Å². The molecule has 0 amide bonds. The summed E-state index contributed by atoms with van der Waals surface area (Å²) in [5, 5.41) is 0. The Hall–Kier alpha value is -0.560. The first-order valence-electron chi connectivity index (χ1n) is 7.34. The summed E-state index contributed by atoms with van der Waals surface area (Å²) in [6, 6.07) is 4.44. The number of aromatic nitrogens is 1. The molecule has 1 aromatic rings. The molecule has 1 rings (SSSR count). The molecule has 1 heterocycles. The minimum absolute atomic E-state index is 0. The lowest BCUT2D eigenvalue weighted by Crippen LogP contribution is -3.00. The Bertz CT molecular complexity index is 299. The van der Waals surface area contributed by atoms with E-state index < -0.39 is 0 Å². The van der Waals surface area contributed by atoms with Crippen molar-refractivity contribution in [2.24, 2.45) is 0 Å². The van der Waals surface area contributed by atoms with Crippen LogP contribution < -0.4 is 17.0 Å². The Balaban J connectivity index is 0.00000289. The quantitative estimate of drug-likeness (QED) is 0.470. The average molecular weight is 270 g/mol. The topological polar surface area (TPSA) is 3.88 Å². The molecule has 1 nitrogen and oxygen atoms in total. The Morgan fingerprint density at radius 2 is 1.67 bits per heavy atom. The number of rotatable bonds is 9. The van der Waals surface area contributed by atoms with E-state index in [1.807, 2.05) is 0 Å². The number of halogens is 1. The van der Waals surface area contributed by atoms with E-state index in [0.29, 0.717) is 0 Å². The van der Waals surface area contributed by atoms with Crippen molar-refractivity contribution in [3.63, 3.8) is 0 Å². The Morgan fingerprint density at radius 1 is 0.944 bits per heavy atom. The second kappa shape index (κ2) is 11.5. The molecule has 0 aromatic carbocycles. The lowest BCUT2D eigenvalue weighted by atomic mass is 10.1. The van der Waals surface area contributed by atoms with E-state index in [1.165, 1.54) is 63.5 Å². The third-order valence-corrected chi connectivity index (χ3v) is 3.26. The van der Waals surface area contributed by atoms with Gasteiger partial charge in [0.25, 0.3) is 0 Å². The fraction of sp³-hybridized carbons (Fsp3) is 0.688. The first-order chi connectivity index (χ1) is 8.36. The van der Waals surface area contributed by atoms with E-state index in [-0.39, 0.29) is 12.4 Å². The average Bonchev–Trinajstić information content (AvgIpc) is 2.37. The van der Waals surface area contributed by atoms with Crippen LogP contribution in [0.2, 0.25) is 0 Å². The molecule has 0 aliphatic rings. The molecule has 1 aromatic heterocycles. The van der Waals surface area contributed by atoms with E-state index in [4.69, 9.17) is 0 Å².